The van der Waals surface area contributed by atoms with Crippen molar-refractivity contribution in [2.45, 2.75) is 19.5 Å². The third-order valence-electron chi connectivity index (χ3n) is 4.76. The molecule has 0 spiro atoms. The van der Waals surface area contributed by atoms with E-state index in [9.17, 15) is 0 Å². The Morgan fingerprint density at radius 3 is 2.43 bits per heavy atom. The maximum Gasteiger partial charge on any atom is 0.231 e. The van der Waals surface area contributed by atoms with Gasteiger partial charge in [-0.25, -0.2) is 0 Å². The lowest BCUT2D eigenvalue weighted by molar-refractivity contribution is 0.174. The molecule has 0 unspecified atom stereocenters. The van der Waals surface area contributed by atoms with Crippen LogP contribution in [0.25, 0.3) is 11.1 Å². The van der Waals surface area contributed by atoms with Crippen molar-refractivity contribution < 1.29 is 9.47 Å². The molecule has 0 bridgehead atoms. The Labute approximate surface area is 170 Å². The number of thiocarbonyl (C=S) groups is 1. The van der Waals surface area contributed by atoms with E-state index in [4.69, 9.17) is 21.7 Å². The van der Waals surface area contributed by atoms with Crippen LogP contribution in [0.5, 0.6) is 11.5 Å². The van der Waals surface area contributed by atoms with Crippen LogP contribution in [0.2, 0.25) is 0 Å². The third-order valence-corrected chi connectivity index (χ3v) is 5.02. The van der Waals surface area contributed by atoms with Gasteiger partial charge < -0.3 is 20.1 Å². The van der Waals surface area contributed by atoms with Gasteiger partial charge in [0, 0.05) is 6.54 Å². The molecule has 0 saturated heterocycles. The highest BCUT2D eigenvalue weighted by atomic mass is 32.1. The Morgan fingerprint density at radius 1 is 0.929 bits per heavy atom. The third kappa shape index (κ3) is 4.26. The van der Waals surface area contributed by atoms with Crippen molar-refractivity contribution in [1.82, 2.24) is 10.6 Å². The fraction of sp³-hybridized carbons (Fsp3) is 0.174. The van der Waals surface area contributed by atoms with Crippen LogP contribution in [0.4, 0.5) is 0 Å². The second kappa shape index (κ2) is 8.31. The quantitative estimate of drug-likeness (QED) is 0.612. The predicted octanol–water partition coefficient (Wildman–Crippen LogP) is 4.81. The molecule has 142 valence electrons. The summed E-state index contributed by atoms with van der Waals surface area (Å²) in [5, 5.41) is 7.22. The zero-order chi connectivity index (χ0) is 19.3. The van der Waals surface area contributed by atoms with Crippen molar-refractivity contribution >= 4 is 17.3 Å². The zero-order valence-corrected chi connectivity index (χ0v) is 16.5. The molecular formula is C23H22N2O2S. The number of benzene rings is 3. The summed E-state index contributed by atoms with van der Waals surface area (Å²) in [6, 6.07) is 25.0. The molecule has 28 heavy (non-hydrogen) atoms. The highest BCUT2D eigenvalue weighted by Gasteiger charge is 2.13. The van der Waals surface area contributed by atoms with E-state index in [-0.39, 0.29) is 12.8 Å². The molecule has 4 nitrogen and oxygen atoms in total. The minimum atomic E-state index is 0.113. The molecule has 1 heterocycles. The normalized spacial score (nSPS) is 13.0. The van der Waals surface area contributed by atoms with Gasteiger partial charge in [-0.1, -0.05) is 60.7 Å². The highest BCUT2D eigenvalue weighted by Crippen LogP contribution is 2.32. The first-order valence-corrected chi connectivity index (χ1v) is 9.68. The minimum absolute atomic E-state index is 0.113. The van der Waals surface area contributed by atoms with Gasteiger partial charge in [-0.15, -0.1) is 0 Å². The van der Waals surface area contributed by atoms with Gasteiger partial charge in [-0.3, -0.25) is 0 Å². The molecule has 1 aliphatic rings. The lowest BCUT2D eigenvalue weighted by Gasteiger charge is -2.18. The monoisotopic (exact) mass is 390 g/mol. The van der Waals surface area contributed by atoms with E-state index in [0.29, 0.717) is 11.7 Å². The number of hydrogen-bond acceptors (Lipinski definition) is 3. The molecule has 1 aliphatic heterocycles. The molecule has 4 rings (SSSR count). The topological polar surface area (TPSA) is 42.5 Å². The maximum atomic E-state index is 5.45. The van der Waals surface area contributed by atoms with Crippen molar-refractivity contribution in [3.63, 3.8) is 0 Å². The smallest absolute Gasteiger partial charge is 0.231 e. The van der Waals surface area contributed by atoms with Gasteiger partial charge >= 0.3 is 0 Å². The van der Waals surface area contributed by atoms with E-state index < -0.39 is 0 Å². The summed E-state index contributed by atoms with van der Waals surface area (Å²) < 4.78 is 10.7. The number of ether oxygens (including phenoxy) is 2. The number of rotatable bonds is 5. The van der Waals surface area contributed by atoms with Gasteiger partial charge in [0.2, 0.25) is 6.79 Å². The molecule has 0 amide bonds. The molecule has 1 atom stereocenters. The lowest BCUT2D eigenvalue weighted by Crippen LogP contribution is -2.36. The summed E-state index contributed by atoms with van der Waals surface area (Å²) in [6.45, 7) is 3.01. The molecule has 2 N–H and O–H groups in total. The maximum absolute atomic E-state index is 5.45. The van der Waals surface area contributed by atoms with E-state index in [0.717, 1.165) is 17.1 Å². The van der Waals surface area contributed by atoms with Gasteiger partial charge in [-0.2, -0.15) is 0 Å². The summed E-state index contributed by atoms with van der Waals surface area (Å²) in [6.07, 6.45) is 0. The summed E-state index contributed by atoms with van der Waals surface area (Å²) in [5.74, 6) is 1.57. The lowest BCUT2D eigenvalue weighted by atomic mass is 10.0. The molecule has 3 aromatic rings. The molecule has 3 aromatic carbocycles. The van der Waals surface area contributed by atoms with Gasteiger partial charge in [0.1, 0.15) is 0 Å². The van der Waals surface area contributed by atoms with Crippen molar-refractivity contribution in [3.05, 3.63) is 83.9 Å². The van der Waals surface area contributed by atoms with Crippen LogP contribution >= 0.6 is 12.2 Å². The average Bonchev–Trinajstić information content (AvgIpc) is 3.21. The first-order valence-electron chi connectivity index (χ1n) is 9.27. The second-order valence-corrected chi connectivity index (χ2v) is 7.13. The summed E-state index contributed by atoms with van der Waals surface area (Å²) in [5.41, 5.74) is 4.70. The van der Waals surface area contributed by atoms with E-state index in [2.05, 4.69) is 66.1 Å². The minimum Gasteiger partial charge on any atom is -0.454 e. The van der Waals surface area contributed by atoms with Crippen LogP contribution in [-0.2, 0) is 6.54 Å². The van der Waals surface area contributed by atoms with E-state index in [1.54, 1.807) is 0 Å². The Balaban J connectivity index is 1.31. The Morgan fingerprint density at radius 2 is 1.64 bits per heavy atom. The first-order chi connectivity index (χ1) is 13.7. The second-order valence-electron chi connectivity index (χ2n) is 6.72. The standard InChI is InChI=1S/C23H22N2O2S/c1-16(18-8-10-20(11-9-18)19-5-3-2-4-6-19)25-23(28)24-14-17-7-12-21-22(13-17)27-15-26-21/h2-13,16H,14-15H2,1H3,(H2,24,25,28)/t16-/m1/s1. The summed E-state index contributed by atoms with van der Waals surface area (Å²) in [4.78, 5) is 0. The fourth-order valence-electron chi connectivity index (χ4n) is 3.16. The van der Waals surface area contributed by atoms with Crippen molar-refractivity contribution in [2.75, 3.05) is 6.79 Å². The molecule has 0 fully saturated rings. The Hall–Kier alpha value is -3.05. The van der Waals surface area contributed by atoms with E-state index >= 15 is 0 Å². The van der Waals surface area contributed by atoms with E-state index in [1.165, 1.54) is 16.7 Å². The Kier molecular flexibility index (Phi) is 5.44. The highest BCUT2D eigenvalue weighted by molar-refractivity contribution is 7.80. The van der Waals surface area contributed by atoms with Gasteiger partial charge in [0.05, 0.1) is 6.04 Å². The van der Waals surface area contributed by atoms with Gasteiger partial charge in [-0.05, 0) is 53.5 Å². The molecular weight excluding hydrogens is 368 g/mol. The van der Waals surface area contributed by atoms with Crippen LogP contribution in [0.15, 0.2) is 72.8 Å². The SMILES string of the molecule is C[C@@H](NC(=S)NCc1ccc2c(c1)OCO2)c1ccc(-c2ccccc2)cc1. The van der Waals surface area contributed by atoms with Crippen LogP contribution in [0.3, 0.4) is 0 Å². The largest absolute Gasteiger partial charge is 0.454 e. The van der Waals surface area contributed by atoms with Gasteiger partial charge in [0.25, 0.3) is 0 Å². The van der Waals surface area contributed by atoms with Crippen LogP contribution in [0.1, 0.15) is 24.1 Å². The molecule has 0 aliphatic carbocycles. The van der Waals surface area contributed by atoms with Crippen LogP contribution < -0.4 is 20.1 Å². The molecule has 5 heteroatoms. The predicted molar refractivity (Wildman–Crippen MR) is 115 cm³/mol. The Bertz CT molecular complexity index is 958. The molecule has 0 aromatic heterocycles. The first kappa shape index (κ1) is 18.3. The van der Waals surface area contributed by atoms with Crippen molar-refractivity contribution in [2.24, 2.45) is 0 Å². The zero-order valence-electron chi connectivity index (χ0n) is 15.6. The number of hydrogen-bond donors (Lipinski definition) is 2. The van der Waals surface area contributed by atoms with Crippen LogP contribution in [0, 0.1) is 0 Å². The van der Waals surface area contributed by atoms with Gasteiger partial charge in [0.15, 0.2) is 16.6 Å². The number of fused-ring (bicyclic) bond motifs is 1. The van der Waals surface area contributed by atoms with Crippen LogP contribution in [-0.4, -0.2) is 11.9 Å². The number of nitrogens with one attached hydrogen (secondary N) is 2. The van der Waals surface area contributed by atoms with Crippen molar-refractivity contribution in [1.29, 1.82) is 0 Å². The molecule has 0 radical (unpaired) electrons. The van der Waals surface area contributed by atoms with Crippen molar-refractivity contribution in [3.8, 4) is 22.6 Å². The molecule has 0 saturated carbocycles. The summed E-state index contributed by atoms with van der Waals surface area (Å²) in [7, 11) is 0. The summed E-state index contributed by atoms with van der Waals surface area (Å²) >= 11 is 5.45. The van der Waals surface area contributed by atoms with E-state index in [1.807, 2.05) is 24.3 Å². The fourth-order valence-corrected chi connectivity index (χ4v) is 3.41. The average molecular weight is 391 g/mol.